The van der Waals surface area contributed by atoms with Crippen molar-refractivity contribution >= 4 is 17.6 Å². The van der Waals surface area contributed by atoms with Crippen LogP contribution in [-0.2, 0) is 12.0 Å². The highest BCUT2D eigenvalue weighted by Gasteiger charge is 2.19. The first-order valence-corrected chi connectivity index (χ1v) is 8.35. The minimum Gasteiger partial charge on any atom is -0.443 e. The van der Waals surface area contributed by atoms with Crippen LogP contribution in [0.3, 0.4) is 0 Å². The number of rotatable bonds is 4. The van der Waals surface area contributed by atoms with Crippen LogP contribution in [0.2, 0.25) is 5.02 Å². The number of nitrogens with zero attached hydrogens (tertiary/aromatic N) is 2. The van der Waals surface area contributed by atoms with Crippen LogP contribution in [0.4, 0.5) is 0 Å². The molecule has 1 heterocycles. The average molecular weight is 349 g/mol. The topological polar surface area (TPSA) is 62.5 Å². The van der Waals surface area contributed by atoms with Gasteiger partial charge in [0.25, 0.3) is 0 Å². The second-order valence-corrected chi connectivity index (χ2v) is 7.15. The molecule has 0 saturated carbocycles. The number of hydrogen-bond donors (Lipinski definition) is 2. The quantitative estimate of drug-likeness (QED) is 0.646. The Kier molecular flexibility index (Phi) is 5.89. The number of nitrogens with one attached hydrogen (secondary N) is 2. The van der Waals surface area contributed by atoms with Gasteiger partial charge in [0.2, 0.25) is 5.89 Å². The molecule has 0 aliphatic carbocycles. The van der Waals surface area contributed by atoms with Crippen molar-refractivity contribution in [3.05, 3.63) is 52.7 Å². The van der Waals surface area contributed by atoms with E-state index in [1.165, 1.54) is 0 Å². The lowest BCUT2D eigenvalue weighted by atomic mass is 9.94. The zero-order valence-corrected chi connectivity index (χ0v) is 15.6. The van der Waals surface area contributed by atoms with Gasteiger partial charge < -0.3 is 15.1 Å². The molecule has 0 fully saturated rings. The maximum absolute atomic E-state index is 5.93. The third-order valence-corrected chi connectivity index (χ3v) is 3.90. The van der Waals surface area contributed by atoms with Crippen LogP contribution in [0.5, 0.6) is 0 Å². The summed E-state index contributed by atoms with van der Waals surface area (Å²) in [6.07, 6.45) is 1.78. The van der Waals surface area contributed by atoms with Gasteiger partial charge in [0.05, 0.1) is 18.8 Å². The summed E-state index contributed by atoms with van der Waals surface area (Å²) < 4.78 is 5.77. The summed E-state index contributed by atoms with van der Waals surface area (Å²) >= 11 is 5.93. The minimum atomic E-state index is -0.0473. The van der Waals surface area contributed by atoms with Crippen LogP contribution in [0.1, 0.15) is 51.0 Å². The smallest absolute Gasteiger partial charge is 0.213 e. The van der Waals surface area contributed by atoms with Gasteiger partial charge in [-0.1, -0.05) is 44.5 Å². The Morgan fingerprint density at radius 3 is 2.50 bits per heavy atom. The Hall–Kier alpha value is -2.01. The summed E-state index contributed by atoms with van der Waals surface area (Å²) in [5.41, 5.74) is 1.09. The SMILES string of the molecule is CN=C(NCc1ncc(C(C)(C)C)o1)NC(C)c1ccc(Cl)cc1. The number of halogens is 1. The van der Waals surface area contributed by atoms with Gasteiger partial charge in [0.1, 0.15) is 5.76 Å². The van der Waals surface area contributed by atoms with E-state index in [-0.39, 0.29) is 11.5 Å². The van der Waals surface area contributed by atoms with Crippen molar-refractivity contribution < 1.29 is 4.42 Å². The van der Waals surface area contributed by atoms with Crippen molar-refractivity contribution in [3.63, 3.8) is 0 Å². The minimum absolute atomic E-state index is 0.0473. The standard InChI is InChI=1S/C18H25ClN4O/c1-12(13-6-8-14(19)9-7-13)23-17(20-5)22-11-16-21-10-15(24-16)18(2,3)4/h6-10,12H,11H2,1-5H3,(H2,20,22,23). The van der Waals surface area contributed by atoms with Gasteiger partial charge in [-0.15, -0.1) is 0 Å². The van der Waals surface area contributed by atoms with Crippen molar-refractivity contribution in [2.24, 2.45) is 4.99 Å². The van der Waals surface area contributed by atoms with E-state index in [4.69, 9.17) is 16.0 Å². The summed E-state index contributed by atoms with van der Waals surface area (Å²) in [4.78, 5) is 8.55. The summed E-state index contributed by atoms with van der Waals surface area (Å²) in [6, 6.07) is 7.86. The predicted octanol–water partition coefficient (Wildman–Crippen LogP) is 4.05. The molecule has 1 atom stereocenters. The number of guanidine groups is 1. The van der Waals surface area contributed by atoms with Crippen LogP contribution in [0, 0.1) is 0 Å². The van der Waals surface area contributed by atoms with Crippen molar-refractivity contribution in [1.29, 1.82) is 0 Å². The van der Waals surface area contributed by atoms with Crippen LogP contribution < -0.4 is 10.6 Å². The molecule has 0 amide bonds. The van der Waals surface area contributed by atoms with E-state index in [0.717, 1.165) is 16.3 Å². The molecule has 0 bridgehead atoms. The zero-order valence-electron chi connectivity index (χ0n) is 14.9. The van der Waals surface area contributed by atoms with Crippen LogP contribution >= 0.6 is 11.6 Å². The van der Waals surface area contributed by atoms with E-state index in [1.807, 2.05) is 24.3 Å². The molecule has 0 radical (unpaired) electrons. The highest BCUT2D eigenvalue weighted by Crippen LogP contribution is 2.22. The first-order valence-electron chi connectivity index (χ1n) is 7.97. The Morgan fingerprint density at radius 2 is 1.96 bits per heavy atom. The molecule has 2 N–H and O–H groups in total. The molecule has 1 aromatic carbocycles. The normalized spacial score (nSPS) is 13.7. The maximum Gasteiger partial charge on any atom is 0.213 e. The molecule has 0 aliphatic heterocycles. The Bertz CT molecular complexity index is 686. The summed E-state index contributed by atoms with van der Waals surface area (Å²) in [7, 11) is 1.74. The van der Waals surface area contributed by atoms with Gasteiger partial charge >= 0.3 is 0 Å². The summed E-state index contributed by atoms with van der Waals surface area (Å²) in [5.74, 6) is 2.20. The molecule has 5 nitrogen and oxygen atoms in total. The first kappa shape index (κ1) is 18.3. The molecular weight excluding hydrogens is 324 g/mol. The molecule has 2 aromatic rings. The number of oxazole rings is 1. The van der Waals surface area contributed by atoms with Crippen molar-refractivity contribution in [3.8, 4) is 0 Å². The van der Waals surface area contributed by atoms with Gasteiger partial charge in [-0.3, -0.25) is 4.99 Å². The Labute approximate surface area is 148 Å². The monoisotopic (exact) mass is 348 g/mol. The van der Waals surface area contributed by atoms with E-state index in [2.05, 4.69) is 48.3 Å². The third-order valence-electron chi connectivity index (χ3n) is 3.65. The highest BCUT2D eigenvalue weighted by atomic mass is 35.5. The van der Waals surface area contributed by atoms with Crippen LogP contribution in [0.15, 0.2) is 39.9 Å². The van der Waals surface area contributed by atoms with Gasteiger partial charge in [0.15, 0.2) is 5.96 Å². The van der Waals surface area contributed by atoms with E-state index < -0.39 is 0 Å². The van der Waals surface area contributed by atoms with Crippen LogP contribution in [-0.4, -0.2) is 18.0 Å². The Morgan fingerprint density at radius 1 is 1.29 bits per heavy atom. The fourth-order valence-electron chi connectivity index (χ4n) is 2.13. The number of benzene rings is 1. The van der Waals surface area contributed by atoms with Gasteiger partial charge in [-0.25, -0.2) is 4.98 Å². The lowest BCUT2D eigenvalue weighted by Gasteiger charge is -2.18. The fraction of sp³-hybridized carbons (Fsp3) is 0.444. The van der Waals surface area contributed by atoms with Crippen molar-refractivity contribution in [2.75, 3.05) is 7.05 Å². The van der Waals surface area contributed by atoms with E-state index in [9.17, 15) is 0 Å². The second kappa shape index (κ2) is 7.71. The van der Waals surface area contributed by atoms with Crippen molar-refractivity contribution in [2.45, 2.75) is 45.7 Å². The third kappa shape index (κ3) is 4.99. The summed E-state index contributed by atoms with van der Waals surface area (Å²) in [5, 5.41) is 7.28. The number of aromatic nitrogens is 1. The van der Waals surface area contributed by atoms with Gasteiger partial charge in [-0.2, -0.15) is 0 Å². The zero-order chi connectivity index (χ0) is 17.7. The molecule has 1 aromatic heterocycles. The van der Waals surface area contributed by atoms with Crippen LogP contribution in [0.25, 0.3) is 0 Å². The number of hydrogen-bond acceptors (Lipinski definition) is 3. The molecule has 24 heavy (non-hydrogen) atoms. The molecule has 130 valence electrons. The van der Waals surface area contributed by atoms with E-state index >= 15 is 0 Å². The molecule has 0 spiro atoms. The maximum atomic E-state index is 5.93. The van der Waals surface area contributed by atoms with E-state index in [1.54, 1.807) is 13.2 Å². The first-order chi connectivity index (χ1) is 11.3. The Balaban J connectivity index is 1.93. The van der Waals surface area contributed by atoms with E-state index in [0.29, 0.717) is 18.4 Å². The lowest BCUT2D eigenvalue weighted by Crippen LogP contribution is -2.38. The second-order valence-electron chi connectivity index (χ2n) is 6.71. The molecule has 2 rings (SSSR count). The average Bonchev–Trinajstić information content (AvgIpc) is 3.01. The molecule has 0 aliphatic rings. The molecule has 1 unspecified atom stereocenters. The largest absolute Gasteiger partial charge is 0.443 e. The predicted molar refractivity (Wildman–Crippen MR) is 98.4 cm³/mol. The molecule has 6 heteroatoms. The highest BCUT2D eigenvalue weighted by molar-refractivity contribution is 6.30. The van der Waals surface area contributed by atoms with Crippen molar-refractivity contribution in [1.82, 2.24) is 15.6 Å². The molecular formula is C18H25ClN4O. The summed E-state index contributed by atoms with van der Waals surface area (Å²) in [6.45, 7) is 8.83. The van der Waals surface area contributed by atoms with Gasteiger partial charge in [0, 0.05) is 17.5 Å². The molecule has 0 saturated heterocycles. The lowest BCUT2D eigenvalue weighted by molar-refractivity contribution is 0.379. The fourth-order valence-corrected chi connectivity index (χ4v) is 2.26. The number of aliphatic imine (C=N–C) groups is 1. The van der Waals surface area contributed by atoms with Gasteiger partial charge in [-0.05, 0) is 24.6 Å².